The third-order valence-corrected chi connectivity index (χ3v) is 12.3. The highest BCUT2D eigenvalue weighted by Gasteiger charge is 2.31. The second-order valence-electron chi connectivity index (χ2n) is 15.2. The fourth-order valence-corrected chi connectivity index (χ4v) is 9.17. The van der Waals surface area contributed by atoms with Crippen molar-refractivity contribution in [1.29, 1.82) is 0 Å². The summed E-state index contributed by atoms with van der Waals surface area (Å²) in [6.45, 7) is 0.560. The molecular formula is C44H52N6O6S. The second kappa shape index (κ2) is 18.4. The second-order valence-corrected chi connectivity index (χ2v) is 16.8. The van der Waals surface area contributed by atoms with Gasteiger partial charge < -0.3 is 25.0 Å². The first-order chi connectivity index (χ1) is 27.6. The lowest BCUT2D eigenvalue weighted by Crippen LogP contribution is -2.48. The van der Waals surface area contributed by atoms with E-state index in [1.54, 1.807) is 18.2 Å². The van der Waals surface area contributed by atoms with Crippen LogP contribution in [0.3, 0.4) is 0 Å². The van der Waals surface area contributed by atoms with E-state index in [4.69, 9.17) is 9.47 Å². The van der Waals surface area contributed by atoms with E-state index in [0.29, 0.717) is 18.6 Å². The number of rotatable bonds is 15. The van der Waals surface area contributed by atoms with Crippen molar-refractivity contribution in [3.63, 3.8) is 0 Å². The number of aromatic nitrogens is 2. The molecule has 0 unspecified atom stereocenters. The molecular weight excluding hydrogens is 741 g/mol. The van der Waals surface area contributed by atoms with Gasteiger partial charge in [0, 0.05) is 36.6 Å². The topological polar surface area (TPSA) is 144 Å². The number of fused-ring (bicyclic) bond motifs is 1. The van der Waals surface area contributed by atoms with E-state index in [-0.39, 0.29) is 53.2 Å². The Balaban J connectivity index is 1.12. The molecule has 13 heteroatoms. The van der Waals surface area contributed by atoms with Gasteiger partial charge in [-0.2, -0.15) is 5.10 Å². The molecule has 0 bridgehead atoms. The zero-order chi connectivity index (χ0) is 39.8. The molecule has 2 amide bonds. The van der Waals surface area contributed by atoms with Gasteiger partial charge in [-0.05, 0) is 48.9 Å². The lowest BCUT2D eigenvalue weighted by molar-refractivity contribution is -0.124. The van der Waals surface area contributed by atoms with Crippen molar-refractivity contribution in [2.75, 3.05) is 23.7 Å². The summed E-state index contributed by atoms with van der Waals surface area (Å²) in [6.07, 6.45) is 6.58. The molecule has 0 spiro atoms. The highest BCUT2D eigenvalue weighted by molar-refractivity contribution is 7.93. The van der Waals surface area contributed by atoms with Crippen LogP contribution in [-0.2, 0) is 44.1 Å². The number of nitrogens with one attached hydrogen (secondary N) is 3. The van der Waals surface area contributed by atoms with Crippen LogP contribution in [0.2, 0.25) is 0 Å². The lowest BCUT2D eigenvalue weighted by atomic mass is 9.92. The molecule has 12 nitrogen and oxygen atoms in total. The van der Waals surface area contributed by atoms with Gasteiger partial charge in [0.1, 0.15) is 12.2 Å². The van der Waals surface area contributed by atoms with Crippen molar-refractivity contribution >= 4 is 44.1 Å². The van der Waals surface area contributed by atoms with Crippen molar-refractivity contribution in [3.05, 3.63) is 120 Å². The Bertz CT molecular complexity index is 2250. The zero-order valence-electron chi connectivity index (χ0n) is 32.6. The smallest absolute Gasteiger partial charge is 0.269 e. The first kappa shape index (κ1) is 40.0. The van der Waals surface area contributed by atoms with Crippen molar-refractivity contribution in [2.24, 2.45) is 0 Å². The van der Waals surface area contributed by atoms with Gasteiger partial charge in [-0.15, -0.1) is 0 Å². The van der Waals surface area contributed by atoms with Crippen molar-refractivity contribution in [3.8, 4) is 0 Å². The first-order valence-corrected chi connectivity index (χ1v) is 21.3. The molecule has 2 aliphatic rings. The van der Waals surface area contributed by atoms with Crippen LogP contribution < -0.4 is 20.3 Å². The third-order valence-electron chi connectivity index (χ3n) is 10.9. The highest BCUT2D eigenvalue weighted by atomic mass is 32.2. The Hall–Kier alpha value is -5.24. The number of hydrogen-bond donors (Lipinski definition) is 3. The maximum absolute atomic E-state index is 14.2. The Morgan fingerprint density at radius 1 is 0.719 bits per heavy atom. The maximum Gasteiger partial charge on any atom is 0.269 e. The van der Waals surface area contributed by atoms with Gasteiger partial charge in [0.15, 0.2) is 5.82 Å². The molecule has 300 valence electrons. The van der Waals surface area contributed by atoms with E-state index in [1.807, 2.05) is 97.9 Å². The normalized spacial score (nSPS) is 19.8. The van der Waals surface area contributed by atoms with Crippen LogP contribution in [0.4, 0.5) is 11.5 Å². The number of ether oxygens (including phenoxy) is 2. The Morgan fingerprint density at radius 3 is 1.89 bits per heavy atom. The van der Waals surface area contributed by atoms with Gasteiger partial charge >= 0.3 is 0 Å². The van der Waals surface area contributed by atoms with E-state index in [9.17, 15) is 18.0 Å². The first-order valence-electron chi connectivity index (χ1n) is 19.9. The quantitative estimate of drug-likeness (QED) is 0.105. The van der Waals surface area contributed by atoms with Gasteiger partial charge in [0.25, 0.3) is 15.9 Å². The minimum absolute atomic E-state index is 0.0589. The number of hydrogen-bond acceptors (Lipinski definition) is 8. The van der Waals surface area contributed by atoms with E-state index in [0.717, 1.165) is 73.6 Å². The van der Waals surface area contributed by atoms with Crippen LogP contribution in [0.15, 0.2) is 108 Å². The molecule has 0 radical (unpaired) electrons. The number of carbonyl (C=O) groups excluding carboxylic acids is 2. The molecule has 4 aromatic carbocycles. The van der Waals surface area contributed by atoms with E-state index >= 15 is 0 Å². The lowest BCUT2D eigenvalue weighted by Gasteiger charge is -2.32. The van der Waals surface area contributed by atoms with E-state index in [2.05, 4.69) is 20.5 Å². The Labute approximate surface area is 335 Å². The molecule has 2 aliphatic carbocycles. The SMILES string of the molecule is CN(C)c1cccc2c(S(=O)(=O)Nc3cc(C(=O)N[C@H]4CCCC[C@@H]4OCc4ccccc4)n(CC(=O)N[C@H]4CCCC[C@@H]4OCc4ccccc4)n3)cccc12. The zero-order valence-corrected chi connectivity index (χ0v) is 33.4. The van der Waals surface area contributed by atoms with Crippen LogP contribution in [0, 0.1) is 0 Å². The van der Waals surface area contributed by atoms with Crippen LogP contribution >= 0.6 is 0 Å². The molecule has 2 saturated carbocycles. The summed E-state index contributed by atoms with van der Waals surface area (Å²) in [5.74, 6) is -0.895. The standard InChI is InChI=1S/C44H52N6O6S/c1-49(2)37-23-13-20-34-33(37)19-14-26-41(34)57(53,54)48-42-27-38(44(52)46-36-22-10-12-25-40(36)56-30-32-17-7-4-8-18-32)50(47-42)28-43(51)45-35-21-9-11-24-39(35)55-29-31-15-5-3-6-16-31/h3-8,13-20,23,26-27,35-36,39-40H,9-12,21-22,24-25,28-30H2,1-2H3,(H,45,51)(H,46,52)(H,47,48)/t35-,36-,39-,40-/m0/s1. The van der Waals surface area contributed by atoms with Crippen molar-refractivity contribution in [1.82, 2.24) is 20.4 Å². The fraction of sp³-hybridized carbons (Fsp3) is 0.386. The molecule has 2 fully saturated rings. The third kappa shape index (κ3) is 10.0. The molecule has 0 aliphatic heterocycles. The van der Waals surface area contributed by atoms with Crippen LogP contribution in [-0.4, -0.2) is 68.4 Å². The van der Waals surface area contributed by atoms with Crippen LogP contribution in [0.1, 0.15) is 73.0 Å². The number of nitrogens with zero attached hydrogens (tertiary/aromatic N) is 3. The van der Waals surface area contributed by atoms with Crippen molar-refractivity contribution < 1.29 is 27.5 Å². The van der Waals surface area contributed by atoms with Crippen LogP contribution in [0.25, 0.3) is 10.8 Å². The Morgan fingerprint density at radius 2 is 1.28 bits per heavy atom. The summed E-state index contributed by atoms with van der Waals surface area (Å²) < 4.78 is 44.6. The predicted octanol–water partition coefficient (Wildman–Crippen LogP) is 6.81. The molecule has 57 heavy (non-hydrogen) atoms. The summed E-state index contributed by atoms with van der Waals surface area (Å²) >= 11 is 0. The molecule has 3 N–H and O–H groups in total. The average molecular weight is 793 g/mol. The molecule has 0 saturated heterocycles. The van der Waals surface area contributed by atoms with Crippen molar-refractivity contribution in [2.45, 2.75) is 100 Å². The summed E-state index contributed by atoms with van der Waals surface area (Å²) in [5.41, 5.74) is 3.04. The van der Waals surface area contributed by atoms with E-state index < -0.39 is 15.9 Å². The molecule has 1 aromatic heterocycles. The predicted molar refractivity (Wildman–Crippen MR) is 221 cm³/mol. The summed E-state index contributed by atoms with van der Waals surface area (Å²) in [4.78, 5) is 29.9. The minimum Gasteiger partial charge on any atom is -0.377 e. The number of benzene rings is 4. The average Bonchev–Trinajstić information content (AvgIpc) is 3.61. The van der Waals surface area contributed by atoms with Gasteiger partial charge in [0.05, 0.1) is 42.4 Å². The largest absolute Gasteiger partial charge is 0.377 e. The number of anilines is 2. The molecule has 5 aromatic rings. The minimum atomic E-state index is -4.18. The molecule has 7 rings (SSSR count). The van der Waals surface area contributed by atoms with Gasteiger partial charge in [-0.25, -0.2) is 13.1 Å². The number of sulfonamides is 1. The fourth-order valence-electron chi connectivity index (χ4n) is 7.96. The summed E-state index contributed by atoms with van der Waals surface area (Å²) in [7, 11) is -0.375. The van der Waals surface area contributed by atoms with Crippen LogP contribution in [0.5, 0.6) is 0 Å². The van der Waals surface area contributed by atoms with Gasteiger partial charge in [-0.3, -0.25) is 14.3 Å². The summed E-state index contributed by atoms with van der Waals surface area (Å²) in [6, 6.07) is 31.4. The van der Waals surface area contributed by atoms with E-state index in [1.165, 1.54) is 10.7 Å². The van der Waals surface area contributed by atoms with Gasteiger partial charge in [-0.1, -0.05) is 111 Å². The number of amides is 2. The molecule has 1 heterocycles. The summed E-state index contributed by atoms with van der Waals surface area (Å²) in [5, 5.41) is 12.1. The maximum atomic E-state index is 14.2. The number of carbonyl (C=O) groups is 2. The highest BCUT2D eigenvalue weighted by Crippen LogP contribution is 2.31. The monoisotopic (exact) mass is 792 g/mol. The molecule has 4 atom stereocenters. The van der Waals surface area contributed by atoms with Gasteiger partial charge in [0.2, 0.25) is 5.91 Å². The Kier molecular flexibility index (Phi) is 12.9.